The van der Waals surface area contributed by atoms with Crippen LogP contribution in [-0.2, 0) is 0 Å². The van der Waals surface area contributed by atoms with E-state index in [1.54, 1.807) is 0 Å². The summed E-state index contributed by atoms with van der Waals surface area (Å²) in [4.78, 5) is 0. The zero-order valence-corrected chi connectivity index (χ0v) is 17.6. The molecule has 1 aromatic carbocycles. The summed E-state index contributed by atoms with van der Waals surface area (Å²) >= 11 is 0. The van der Waals surface area contributed by atoms with Crippen LogP contribution in [0.4, 0.5) is 0 Å². The van der Waals surface area contributed by atoms with Gasteiger partial charge < -0.3 is 0 Å². The minimum Gasteiger partial charge on any atom is -0.0776 e. The van der Waals surface area contributed by atoms with Gasteiger partial charge in [0.25, 0.3) is 0 Å². The predicted molar refractivity (Wildman–Crippen MR) is 123 cm³/mol. The van der Waals surface area contributed by atoms with Crippen molar-refractivity contribution in [3.8, 4) is 0 Å². The van der Waals surface area contributed by atoms with Crippen molar-refractivity contribution in [1.82, 2.24) is 0 Å². The Morgan fingerprint density at radius 3 is 1.60 bits per heavy atom. The quantitative estimate of drug-likeness (QED) is 0.507. The van der Waals surface area contributed by atoms with Gasteiger partial charge in [0, 0.05) is 0 Å². The van der Waals surface area contributed by atoms with Gasteiger partial charge in [0.2, 0.25) is 0 Å². The molecule has 0 spiro atoms. The second kappa shape index (κ2) is 21.3. The van der Waals surface area contributed by atoms with Crippen LogP contribution in [0.15, 0.2) is 24.3 Å². The van der Waals surface area contributed by atoms with Crippen molar-refractivity contribution < 1.29 is 0 Å². The van der Waals surface area contributed by atoms with Crippen LogP contribution >= 0.6 is 0 Å². The fraction of sp³-hybridized carbons (Fsp3) is 0.760. The minimum absolute atomic E-state index is 0. The predicted octanol–water partition coefficient (Wildman–Crippen LogP) is 9.67. The van der Waals surface area contributed by atoms with Crippen molar-refractivity contribution in [2.45, 2.75) is 115 Å². The molecule has 1 aliphatic rings. The van der Waals surface area contributed by atoms with Crippen molar-refractivity contribution in [1.29, 1.82) is 0 Å². The summed E-state index contributed by atoms with van der Waals surface area (Å²) in [5.41, 5.74) is 2.86. The summed E-state index contributed by atoms with van der Waals surface area (Å²) in [6.45, 7) is 19.3. The molecule has 0 amide bonds. The Morgan fingerprint density at radius 2 is 1.28 bits per heavy atom. The summed E-state index contributed by atoms with van der Waals surface area (Å²) in [6.07, 6.45) is 7.49. The van der Waals surface area contributed by atoms with Gasteiger partial charge in [-0.3, -0.25) is 0 Å². The third-order valence-electron chi connectivity index (χ3n) is 4.09. The van der Waals surface area contributed by atoms with Gasteiger partial charge >= 0.3 is 0 Å². The van der Waals surface area contributed by atoms with E-state index in [-0.39, 0.29) is 14.9 Å². The third-order valence-corrected chi connectivity index (χ3v) is 4.09. The van der Waals surface area contributed by atoms with Gasteiger partial charge in [0.15, 0.2) is 0 Å². The first-order valence-electron chi connectivity index (χ1n) is 10.1. The molecule has 1 saturated carbocycles. The van der Waals surface area contributed by atoms with Gasteiger partial charge in [0.05, 0.1) is 0 Å². The Kier molecular flexibility index (Phi) is 27.2. The van der Waals surface area contributed by atoms with Gasteiger partial charge in [-0.05, 0) is 42.2 Å². The van der Waals surface area contributed by atoms with E-state index in [0.29, 0.717) is 5.92 Å². The molecule has 25 heavy (non-hydrogen) atoms. The molecule has 0 heteroatoms. The molecule has 0 radical (unpaired) electrons. The van der Waals surface area contributed by atoms with E-state index in [2.05, 4.69) is 58.9 Å². The maximum absolute atomic E-state index is 2.33. The van der Waals surface area contributed by atoms with Crippen LogP contribution < -0.4 is 0 Å². The minimum atomic E-state index is 0. The second-order valence-electron chi connectivity index (χ2n) is 6.79. The zero-order chi connectivity index (χ0) is 18.3. The lowest BCUT2D eigenvalue weighted by Crippen LogP contribution is -1.98. The zero-order valence-electron chi connectivity index (χ0n) is 17.6. The molecular formula is C25H52. The third kappa shape index (κ3) is 16.4. The summed E-state index contributed by atoms with van der Waals surface area (Å²) in [7, 11) is 0. The Balaban J connectivity index is -0.000000138. The highest BCUT2D eigenvalue weighted by Crippen LogP contribution is 2.29. The van der Waals surface area contributed by atoms with Crippen LogP contribution in [0, 0.1) is 18.8 Å². The highest BCUT2D eigenvalue weighted by atomic mass is 14.2. The van der Waals surface area contributed by atoms with E-state index in [9.17, 15) is 0 Å². The first-order chi connectivity index (χ1) is 11.0. The molecule has 0 aliphatic heterocycles. The standard InChI is InChI=1S/C10H14.C9H18.2C2H6.2CH4/c1-8(2)10-7-5-4-6-9(10)3;1-8(2)7-9-5-3-4-6-9;2*1-2;;/h4-8H,1-3H3;8-9H,3-7H2,1-2H3;2*1-2H3;2*1H4. The highest BCUT2D eigenvalue weighted by Gasteiger charge is 2.15. The largest absolute Gasteiger partial charge is 0.0776 e. The van der Waals surface area contributed by atoms with Gasteiger partial charge in [0.1, 0.15) is 0 Å². The van der Waals surface area contributed by atoms with Crippen molar-refractivity contribution >= 4 is 0 Å². The Bertz CT molecular complexity index is 343. The topological polar surface area (TPSA) is 0 Å². The van der Waals surface area contributed by atoms with Gasteiger partial charge in [-0.15, -0.1) is 0 Å². The lowest BCUT2D eigenvalue weighted by molar-refractivity contribution is 0.419. The summed E-state index contributed by atoms with van der Waals surface area (Å²) < 4.78 is 0. The van der Waals surface area contributed by atoms with Crippen LogP contribution in [0.1, 0.15) is 119 Å². The molecule has 0 bridgehead atoms. The molecule has 1 aliphatic carbocycles. The van der Waals surface area contributed by atoms with Crippen molar-refractivity contribution in [2.75, 3.05) is 0 Å². The van der Waals surface area contributed by atoms with Crippen LogP contribution in [0.5, 0.6) is 0 Å². The molecule has 1 fully saturated rings. The first-order valence-corrected chi connectivity index (χ1v) is 10.1. The average Bonchev–Trinajstić information content (AvgIpc) is 3.04. The number of hydrogen-bond donors (Lipinski definition) is 0. The highest BCUT2D eigenvalue weighted by molar-refractivity contribution is 5.27. The summed E-state index contributed by atoms with van der Waals surface area (Å²) in [5, 5.41) is 0. The number of aryl methyl sites for hydroxylation is 1. The fourth-order valence-electron chi connectivity index (χ4n) is 3.15. The molecule has 152 valence electrons. The van der Waals surface area contributed by atoms with Crippen LogP contribution in [0.3, 0.4) is 0 Å². The number of benzene rings is 1. The van der Waals surface area contributed by atoms with Crippen LogP contribution in [-0.4, -0.2) is 0 Å². The van der Waals surface area contributed by atoms with Crippen molar-refractivity contribution in [3.63, 3.8) is 0 Å². The maximum Gasteiger partial charge on any atom is -0.0216 e. The summed E-state index contributed by atoms with van der Waals surface area (Å²) in [5.74, 6) is 2.67. The van der Waals surface area contributed by atoms with Crippen molar-refractivity contribution in [2.24, 2.45) is 11.8 Å². The van der Waals surface area contributed by atoms with Gasteiger partial charge in [-0.25, -0.2) is 0 Å². The Morgan fingerprint density at radius 1 is 0.840 bits per heavy atom. The van der Waals surface area contributed by atoms with E-state index < -0.39 is 0 Å². The fourth-order valence-corrected chi connectivity index (χ4v) is 3.15. The van der Waals surface area contributed by atoms with Gasteiger partial charge in [-0.2, -0.15) is 0 Å². The molecule has 2 rings (SSSR count). The molecule has 0 saturated heterocycles. The second-order valence-corrected chi connectivity index (χ2v) is 6.79. The van der Waals surface area contributed by atoms with E-state index in [1.807, 2.05) is 27.7 Å². The molecule has 0 aromatic heterocycles. The molecular weight excluding hydrogens is 300 g/mol. The van der Waals surface area contributed by atoms with E-state index in [1.165, 1.54) is 43.2 Å². The normalized spacial score (nSPS) is 12.4. The SMILES string of the molecule is C.C.CC.CC.CC(C)CC1CCCC1.Cc1ccccc1C(C)C. The monoisotopic (exact) mass is 352 g/mol. The smallest absolute Gasteiger partial charge is 0.0216 e. The molecule has 0 N–H and O–H groups in total. The van der Waals surface area contributed by atoms with E-state index in [4.69, 9.17) is 0 Å². The lowest BCUT2D eigenvalue weighted by atomic mass is 9.96. The number of rotatable bonds is 3. The Hall–Kier alpha value is -0.780. The molecule has 1 aromatic rings. The number of hydrogen-bond acceptors (Lipinski definition) is 0. The van der Waals surface area contributed by atoms with Crippen LogP contribution in [0.2, 0.25) is 0 Å². The summed E-state index contributed by atoms with van der Waals surface area (Å²) in [6, 6.07) is 8.54. The van der Waals surface area contributed by atoms with E-state index in [0.717, 1.165) is 11.8 Å². The Labute approximate surface area is 162 Å². The molecule has 0 atom stereocenters. The molecule has 0 heterocycles. The van der Waals surface area contributed by atoms with Crippen LogP contribution in [0.25, 0.3) is 0 Å². The lowest BCUT2D eigenvalue weighted by Gasteiger charge is -2.10. The molecule has 0 unspecified atom stereocenters. The maximum atomic E-state index is 2.33. The molecule has 0 nitrogen and oxygen atoms in total. The average molecular weight is 353 g/mol. The van der Waals surface area contributed by atoms with Gasteiger partial charge in [-0.1, -0.05) is 120 Å². The first kappa shape index (κ1) is 31.9. The van der Waals surface area contributed by atoms with E-state index >= 15 is 0 Å². The van der Waals surface area contributed by atoms with Crippen molar-refractivity contribution in [3.05, 3.63) is 35.4 Å².